The molecule has 0 saturated carbocycles. The second-order valence-electron chi connectivity index (χ2n) is 3.80. The van der Waals surface area contributed by atoms with Gasteiger partial charge in [-0.1, -0.05) is 25.1 Å². The van der Waals surface area contributed by atoms with Gasteiger partial charge in [0.25, 0.3) is 0 Å². The molecule has 1 aromatic carbocycles. The maximum Gasteiger partial charge on any atom is 0.120 e. The number of aldehydes is 1. The van der Waals surface area contributed by atoms with Crippen molar-refractivity contribution in [2.75, 3.05) is 0 Å². The predicted octanol–water partition coefficient (Wildman–Crippen LogP) is 3.25. The molecule has 1 aromatic heterocycles. The monoisotopic (exact) mass is 201 g/mol. The Balaban J connectivity index is 2.45. The summed E-state index contributed by atoms with van der Waals surface area (Å²) < 4.78 is 0. The Morgan fingerprint density at radius 2 is 2.20 bits per heavy atom. The zero-order valence-electron chi connectivity index (χ0n) is 8.86. The molecule has 0 bridgehead atoms. The number of para-hydroxylation sites is 1. The van der Waals surface area contributed by atoms with Crippen LogP contribution in [-0.2, 0) is 4.79 Å². The van der Waals surface area contributed by atoms with Crippen molar-refractivity contribution in [3.05, 3.63) is 36.0 Å². The molecule has 1 atom stereocenters. The van der Waals surface area contributed by atoms with E-state index in [1.54, 1.807) is 0 Å². The molecule has 0 aliphatic rings. The van der Waals surface area contributed by atoms with Crippen molar-refractivity contribution in [1.29, 1.82) is 0 Å². The van der Waals surface area contributed by atoms with Gasteiger partial charge in [-0.2, -0.15) is 0 Å². The lowest BCUT2D eigenvalue weighted by Crippen LogP contribution is -1.96. The van der Waals surface area contributed by atoms with Gasteiger partial charge < -0.3 is 9.78 Å². The van der Waals surface area contributed by atoms with Crippen LogP contribution in [-0.4, -0.2) is 11.3 Å². The third-order valence-electron chi connectivity index (χ3n) is 2.93. The van der Waals surface area contributed by atoms with E-state index in [1.165, 1.54) is 10.9 Å². The summed E-state index contributed by atoms with van der Waals surface area (Å²) in [5.74, 6) is 0.346. The lowest BCUT2D eigenvalue weighted by molar-refractivity contribution is -0.108. The Labute approximate surface area is 89.3 Å². The summed E-state index contributed by atoms with van der Waals surface area (Å²) in [5.41, 5.74) is 2.41. The van der Waals surface area contributed by atoms with Crippen LogP contribution in [0.25, 0.3) is 10.9 Å². The van der Waals surface area contributed by atoms with Crippen LogP contribution < -0.4 is 0 Å². The summed E-state index contributed by atoms with van der Waals surface area (Å²) in [5, 5.41) is 1.24. The molecule has 0 unspecified atom stereocenters. The van der Waals surface area contributed by atoms with Crippen molar-refractivity contribution in [3.63, 3.8) is 0 Å². The van der Waals surface area contributed by atoms with Gasteiger partial charge in [-0.15, -0.1) is 0 Å². The third-order valence-corrected chi connectivity index (χ3v) is 2.93. The molecule has 1 heterocycles. The molecular formula is C13H15NO. The Bertz CT molecular complexity index is 458. The highest BCUT2D eigenvalue weighted by molar-refractivity contribution is 5.83. The smallest absolute Gasteiger partial charge is 0.120 e. The average molecular weight is 201 g/mol. The molecule has 0 aliphatic carbocycles. The van der Waals surface area contributed by atoms with E-state index < -0.39 is 0 Å². The first-order valence-electron chi connectivity index (χ1n) is 5.36. The number of rotatable bonds is 4. The average Bonchev–Trinajstić information content (AvgIpc) is 2.70. The maximum atomic E-state index is 10.6. The predicted molar refractivity (Wildman–Crippen MR) is 62.0 cm³/mol. The van der Waals surface area contributed by atoms with E-state index in [9.17, 15) is 4.79 Å². The van der Waals surface area contributed by atoms with Crippen molar-refractivity contribution in [2.24, 2.45) is 0 Å². The SMILES string of the molecule is CC[C@H](CC=O)c1c[nH]c2ccccc12. The molecule has 0 saturated heterocycles. The molecule has 2 heteroatoms. The molecule has 2 rings (SSSR count). The van der Waals surface area contributed by atoms with Crippen LogP contribution in [0.15, 0.2) is 30.5 Å². The van der Waals surface area contributed by atoms with Crippen LogP contribution >= 0.6 is 0 Å². The number of fused-ring (bicyclic) bond motifs is 1. The summed E-state index contributed by atoms with van der Waals surface area (Å²) in [4.78, 5) is 13.8. The van der Waals surface area contributed by atoms with Gasteiger partial charge in [0.2, 0.25) is 0 Å². The number of aromatic nitrogens is 1. The number of hydrogen-bond donors (Lipinski definition) is 1. The normalized spacial score (nSPS) is 12.9. The summed E-state index contributed by atoms with van der Waals surface area (Å²) in [7, 11) is 0. The zero-order chi connectivity index (χ0) is 10.7. The minimum atomic E-state index is 0.346. The number of benzene rings is 1. The quantitative estimate of drug-likeness (QED) is 0.757. The second-order valence-corrected chi connectivity index (χ2v) is 3.80. The van der Waals surface area contributed by atoms with Crippen LogP contribution in [0.4, 0.5) is 0 Å². The van der Waals surface area contributed by atoms with Gasteiger partial charge in [0.15, 0.2) is 0 Å². The number of hydrogen-bond acceptors (Lipinski definition) is 1. The van der Waals surface area contributed by atoms with E-state index in [4.69, 9.17) is 0 Å². The van der Waals surface area contributed by atoms with E-state index >= 15 is 0 Å². The number of carbonyl (C=O) groups is 1. The fourth-order valence-electron chi connectivity index (χ4n) is 2.06. The van der Waals surface area contributed by atoms with Crippen molar-refractivity contribution < 1.29 is 4.79 Å². The highest BCUT2D eigenvalue weighted by atomic mass is 16.1. The molecule has 0 fully saturated rings. The molecular weight excluding hydrogens is 186 g/mol. The van der Waals surface area contributed by atoms with Gasteiger partial charge in [0.1, 0.15) is 6.29 Å². The molecule has 15 heavy (non-hydrogen) atoms. The minimum absolute atomic E-state index is 0.346. The van der Waals surface area contributed by atoms with E-state index in [0.29, 0.717) is 12.3 Å². The van der Waals surface area contributed by atoms with Crippen LogP contribution in [0.5, 0.6) is 0 Å². The van der Waals surface area contributed by atoms with Crippen molar-refractivity contribution >= 4 is 17.2 Å². The highest BCUT2D eigenvalue weighted by Crippen LogP contribution is 2.29. The standard InChI is InChI=1S/C13H15NO/c1-2-10(7-8-15)12-9-14-13-6-4-3-5-11(12)13/h3-6,8-10,14H,2,7H2,1H3/t10-/m1/s1. The van der Waals surface area contributed by atoms with E-state index in [1.807, 2.05) is 18.3 Å². The first kappa shape index (κ1) is 9.97. The topological polar surface area (TPSA) is 32.9 Å². The van der Waals surface area contributed by atoms with Crippen LogP contribution in [0.1, 0.15) is 31.2 Å². The highest BCUT2D eigenvalue weighted by Gasteiger charge is 2.12. The van der Waals surface area contributed by atoms with Gasteiger partial charge in [0.05, 0.1) is 0 Å². The van der Waals surface area contributed by atoms with E-state index in [0.717, 1.165) is 18.2 Å². The van der Waals surface area contributed by atoms with Crippen molar-refractivity contribution in [2.45, 2.75) is 25.7 Å². The molecule has 0 radical (unpaired) electrons. The summed E-state index contributed by atoms with van der Waals surface area (Å²) in [6, 6.07) is 8.22. The van der Waals surface area contributed by atoms with Crippen LogP contribution in [0, 0.1) is 0 Å². The van der Waals surface area contributed by atoms with Crippen molar-refractivity contribution in [3.8, 4) is 0 Å². The minimum Gasteiger partial charge on any atom is -0.361 e. The maximum absolute atomic E-state index is 10.6. The largest absolute Gasteiger partial charge is 0.361 e. The lowest BCUT2D eigenvalue weighted by Gasteiger charge is -2.09. The molecule has 0 spiro atoms. The van der Waals surface area contributed by atoms with Gasteiger partial charge >= 0.3 is 0 Å². The lowest BCUT2D eigenvalue weighted by atomic mass is 9.93. The molecule has 2 aromatic rings. The number of nitrogens with one attached hydrogen (secondary N) is 1. The van der Waals surface area contributed by atoms with Crippen molar-refractivity contribution in [1.82, 2.24) is 4.98 Å². The Morgan fingerprint density at radius 3 is 2.93 bits per heavy atom. The molecule has 0 aliphatic heterocycles. The van der Waals surface area contributed by atoms with Crippen LogP contribution in [0.3, 0.4) is 0 Å². The summed E-state index contributed by atoms with van der Waals surface area (Å²) in [6.45, 7) is 2.12. The number of H-pyrrole nitrogens is 1. The number of aromatic amines is 1. The first-order valence-corrected chi connectivity index (χ1v) is 5.36. The third kappa shape index (κ3) is 1.80. The Hall–Kier alpha value is -1.57. The number of carbonyl (C=O) groups excluding carboxylic acids is 1. The second kappa shape index (κ2) is 4.30. The zero-order valence-corrected chi connectivity index (χ0v) is 8.86. The fraction of sp³-hybridized carbons (Fsp3) is 0.308. The first-order chi connectivity index (χ1) is 7.36. The van der Waals surface area contributed by atoms with Gasteiger partial charge in [-0.25, -0.2) is 0 Å². The summed E-state index contributed by atoms with van der Waals surface area (Å²) in [6.07, 6.45) is 4.65. The molecule has 1 N–H and O–H groups in total. The Morgan fingerprint density at radius 1 is 1.40 bits per heavy atom. The van der Waals surface area contributed by atoms with Crippen LogP contribution in [0.2, 0.25) is 0 Å². The fourth-order valence-corrected chi connectivity index (χ4v) is 2.06. The van der Waals surface area contributed by atoms with Gasteiger partial charge in [0, 0.05) is 23.5 Å². The van der Waals surface area contributed by atoms with Gasteiger partial charge in [-0.3, -0.25) is 0 Å². The Kier molecular flexibility index (Phi) is 2.86. The molecule has 0 amide bonds. The van der Waals surface area contributed by atoms with Gasteiger partial charge in [-0.05, 0) is 24.0 Å². The summed E-state index contributed by atoms with van der Waals surface area (Å²) >= 11 is 0. The van der Waals surface area contributed by atoms with E-state index in [2.05, 4.69) is 24.0 Å². The van der Waals surface area contributed by atoms with E-state index in [-0.39, 0.29) is 0 Å². The molecule has 78 valence electrons. The molecule has 2 nitrogen and oxygen atoms in total.